The van der Waals surface area contributed by atoms with Gasteiger partial charge in [0.2, 0.25) is 0 Å². The van der Waals surface area contributed by atoms with E-state index in [1.54, 1.807) is 32.4 Å². The van der Waals surface area contributed by atoms with Crippen molar-refractivity contribution >= 4 is 29.1 Å². The van der Waals surface area contributed by atoms with Gasteiger partial charge in [-0.1, -0.05) is 53.5 Å². The molecule has 0 saturated carbocycles. The Balaban J connectivity index is 1.83. The van der Waals surface area contributed by atoms with Gasteiger partial charge in [-0.2, -0.15) is 0 Å². The van der Waals surface area contributed by atoms with E-state index in [9.17, 15) is 4.79 Å². The van der Waals surface area contributed by atoms with Crippen LogP contribution in [0, 0.1) is 0 Å². The van der Waals surface area contributed by atoms with Crippen LogP contribution in [0.2, 0.25) is 10.0 Å². The Morgan fingerprint density at radius 3 is 2.30 bits per heavy atom. The van der Waals surface area contributed by atoms with Gasteiger partial charge >= 0.3 is 0 Å². The molecule has 1 aliphatic rings. The SMILES string of the molecule is COc1cc2c(cc1OC)[C@H](c1ccccc1)N(C(=O)c1ccc(Cl)c(Cl)c1)CC2. The Bertz CT molecular complexity index is 1090. The van der Waals surface area contributed by atoms with E-state index in [-0.39, 0.29) is 11.9 Å². The Hall–Kier alpha value is -2.69. The fraction of sp³-hybridized carbons (Fsp3) is 0.208. The lowest BCUT2D eigenvalue weighted by atomic mass is 9.87. The number of benzene rings is 3. The Morgan fingerprint density at radius 2 is 1.63 bits per heavy atom. The summed E-state index contributed by atoms with van der Waals surface area (Å²) < 4.78 is 11.0. The molecule has 0 N–H and O–H groups in total. The molecule has 1 heterocycles. The first kappa shape index (κ1) is 20.6. The van der Waals surface area contributed by atoms with Crippen LogP contribution in [-0.4, -0.2) is 31.6 Å². The van der Waals surface area contributed by atoms with Gasteiger partial charge in [-0.05, 0) is 53.4 Å². The van der Waals surface area contributed by atoms with Crippen molar-refractivity contribution in [1.82, 2.24) is 4.90 Å². The highest BCUT2D eigenvalue weighted by atomic mass is 35.5. The number of halogens is 2. The number of fused-ring (bicyclic) bond motifs is 1. The van der Waals surface area contributed by atoms with Gasteiger partial charge in [0.1, 0.15) is 0 Å². The first-order valence-corrected chi connectivity index (χ1v) is 10.3. The highest BCUT2D eigenvalue weighted by Gasteiger charge is 2.34. The van der Waals surface area contributed by atoms with Crippen LogP contribution in [0.25, 0.3) is 0 Å². The van der Waals surface area contributed by atoms with Crippen LogP contribution >= 0.6 is 23.2 Å². The molecule has 4 rings (SSSR count). The summed E-state index contributed by atoms with van der Waals surface area (Å²) in [6, 6.07) is 18.7. The van der Waals surface area contributed by atoms with Crippen molar-refractivity contribution in [3.8, 4) is 11.5 Å². The molecule has 3 aromatic rings. The third-order valence-corrected chi connectivity index (χ3v) is 6.16. The topological polar surface area (TPSA) is 38.8 Å². The zero-order valence-electron chi connectivity index (χ0n) is 16.7. The molecule has 0 aromatic heterocycles. The summed E-state index contributed by atoms with van der Waals surface area (Å²) in [5.74, 6) is 1.23. The molecule has 0 saturated heterocycles. The van der Waals surface area contributed by atoms with Crippen LogP contribution in [-0.2, 0) is 6.42 Å². The molecular formula is C24H21Cl2NO3. The van der Waals surface area contributed by atoms with Gasteiger partial charge in [0, 0.05) is 12.1 Å². The summed E-state index contributed by atoms with van der Waals surface area (Å²) in [4.78, 5) is 15.4. The number of rotatable bonds is 4. The zero-order chi connectivity index (χ0) is 21.3. The fourth-order valence-corrected chi connectivity index (χ4v) is 4.25. The molecular weight excluding hydrogens is 421 g/mol. The summed E-state index contributed by atoms with van der Waals surface area (Å²) in [6.07, 6.45) is 0.714. The van der Waals surface area contributed by atoms with Crippen molar-refractivity contribution in [2.75, 3.05) is 20.8 Å². The predicted molar refractivity (Wildman–Crippen MR) is 119 cm³/mol. The number of hydrogen-bond donors (Lipinski definition) is 0. The average molecular weight is 442 g/mol. The maximum absolute atomic E-state index is 13.5. The lowest BCUT2D eigenvalue weighted by Crippen LogP contribution is -2.40. The molecule has 30 heavy (non-hydrogen) atoms. The number of methoxy groups -OCH3 is 2. The monoisotopic (exact) mass is 441 g/mol. The summed E-state index contributed by atoms with van der Waals surface area (Å²) in [6.45, 7) is 0.571. The number of ether oxygens (including phenoxy) is 2. The van der Waals surface area contributed by atoms with Gasteiger partial charge in [0.25, 0.3) is 5.91 Å². The van der Waals surface area contributed by atoms with Crippen molar-refractivity contribution in [3.63, 3.8) is 0 Å². The number of amides is 1. The average Bonchev–Trinajstić information content (AvgIpc) is 2.79. The second-order valence-corrected chi connectivity index (χ2v) is 7.91. The van der Waals surface area contributed by atoms with Crippen LogP contribution in [0.4, 0.5) is 0 Å². The number of carbonyl (C=O) groups excluding carboxylic acids is 1. The summed E-state index contributed by atoms with van der Waals surface area (Å²) in [7, 11) is 3.24. The fourth-order valence-electron chi connectivity index (χ4n) is 3.95. The van der Waals surface area contributed by atoms with Crippen LogP contribution in [0.3, 0.4) is 0 Å². The maximum Gasteiger partial charge on any atom is 0.254 e. The van der Waals surface area contributed by atoms with E-state index < -0.39 is 0 Å². The quantitative estimate of drug-likeness (QED) is 0.513. The van der Waals surface area contributed by atoms with E-state index in [0.29, 0.717) is 40.1 Å². The molecule has 1 amide bonds. The number of nitrogens with zero attached hydrogens (tertiary/aromatic N) is 1. The van der Waals surface area contributed by atoms with E-state index in [4.69, 9.17) is 32.7 Å². The van der Waals surface area contributed by atoms with Crippen molar-refractivity contribution in [1.29, 1.82) is 0 Å². The smallest absolute Gasteiger partial charge is 0.254 e. The summed E-state index contributed by atoms with van der Waals surface area (Å²) in [5.41, 5.74) is 3.70. The van der Waals surface area contributed by atoms with Crippen molar-refractivity contribution in [2.45, 2.75) is 12.5 Å². The van der Waals surface area contributed by atoms with E-state index in [1.807, 2.05) is 47.4 Å². The second-order valence-electron chi connectivity index (χ2n) is 7.10. The summed E-state index contributed by atoms with van der Waals surface area (Å²) in [5, 5.41) is 0.788. The van der Waals surface area contributed by atoms with Gasteiger partial charge < -0.3 is 14.4 Å². The molecule has 0 bridgehead atoms. The molecule has 0 radical (unpaired) electrons. The normalized spacial score (nSPS) is 15.5. The second kappa shape index (κ2) is 8.58. The molecule has 0 fully saturated rings. The number of hydrogen-bond acceptors (Lipinski definition) is 3. The highest BCUT2D eigenvalue weighted by molar-refractivity contribution is 6.42. The van der Waals surface area contributed by atoms with Crippen LogP contribution in [0.1, 0.15) is 33.1 Å². The van der Waals surface area contributed by atoms with E-state index >= 15 is 0 Å². The lowest BCUT2D eigenvalue weighted by Gasteiger charge is -2.38. The predicted octanol–water partition coefficient (Wildman–Crippen LogP) is 5.80. The maximum atomic E-state index is 13.5. The minimum Gasteiger partial charge on any atom is -0.493 e. The van der Waals surface area contributed by atoms with Gasteiger partial charge in [-0.15, -0.1) is 0 Å². The minimum atomic E-state index is -0.253. The zero-order valence-corrected chi connectivity index (χ0v) is 18.2. The molecule has 154 valence electrons. The van der Waals surface area contributed by atoms with Crippen LogP contribution in [0.15, 0.2) is 60.7 Å². The van der Waals surface area contributed by atoms with Crippen molar-refractivity contribution in [3.05, 3.63) is 93.0 Å². The molecule has 4 nitrogen and oxygen atoms in total. The molecule has 3 aromatic carbocycles. The van der Waals surface area contributed by atoms with Crippen LogP contribution in [0.5, 0.6) is 11.5 Å². The Kier molecular flexibility index (Phi) is 5.89. The first-order chi connectivity index (χ1) is 14.5. The Morgan fingerprint density at radius 1 is 0.933 bits per heavy atom. The molecule has 0 unspecified atom stereocenters. The van der Waals surface area contributed by atoms with Crippen LogP contribution < -0.4 is 9.47 Å². The van der Waals surface area contributed by atoms with E-state index in [1.165, 1.54) is 0 Å². The van der Waals surface area contributed by atoms with Gasteiger partial charge in [-0.3, -0.25) is 4.79 Å². The van der Waals surface area contributed by atoms with E-state index in [0.717, 1.165) is 16.7 Å². The number of carbonyl (C=O) groups is 1. The Labute approximate surface area is 185 Å². The van der Waals surface area contributed by atoms with Gasteiger partial charge in [0.05, 0.1) is 30.3 Å². The molecule has 1 aliphatic heterocycles. The highest BCUT2D eigenvalue weighted by Crippen LogP contribution is 2.41. The largest absolute Gasteiger partial charge is 0.493 e. The third-order valence-electron chi connectivity index (χ3n) is 5.42. The molecule has 6 heteroatoms. The van der Waals surface area contributed by atoms with Gasteiger partial charge in [0.15, 0.2) is 11.5 Å². The summed E-state index contributed by atoms with van der Waals surface area (Å²) >= 11 is 12.2. The van der Waals surface area contributed by atoms with Gasteiger partial charge in [-0.25, -0.2) is 0 Å². The molecule has 1 atom stereocenters. The van der Waals surface area contributed by atoms with E-state index in [2.05, 4.69) is 0 Å². The minimum absolute atomic E-state index is 0.0946. The molecule has 0 spiro atoms. The standard InChI is InChI=1S/C24H21Cl2NO3/c1-29-21-13-16-10-11-27(24(28)17-8-9-19(25)20(26)12-17)23(15-6-4-3-5-7-15)18(16)14-22(21)30-2/h3-9,12-14,23H,10-11H2,1-2H3/t23-/m0/s1. The van der Waals surface area contributed by atoms with Crippen molar-refractivity contribution in [2.24, 2.45) is 0 Å². The third kappa shape index (κ3) is 3.73. The molecule has 0 aliphatic carbocycles. The first-order valence-electron chi connectivity index (χ1n) is 9.59. The lowest BCUT2D eigenvalue weighted by molar-refractivity contribution is 0.0694. The van der Waals surface area contributed by atoms with Crippen molar-refractivity contribution < 1.29 is 14.3 Å².